The van der Waals surface area contributed by atoms with Crippen LogP contribution in [0.3, 0.4) is 0 Å². The molecule has 0 atom stereocenters. The molecule has 0 fully saturated rings. The van der Waals surface area contributed by atoms with Crippen molar-refractivity contribution < 1.29 is 4.74 Å². The molecule has 0 aliphatic carbocycles. The first-order valence-corrected chi connectivity index (χ1v) is 10.6. The first kappa shape index (κ1) is 22.5. The van der Waals surface area contributed by atoms with Crippen LogP contribution in [0, 0.1) is 0 Å². The minimum atomic E-state index is 0.876. The van der Waals surface area contributed by atoms with E-state index in [0.29, 0.717) is 0 Å². The second-order valence-electron chi connectivity index (χ2n) is 7.09. The normalized spacial score (nSPS) is 10.9. The predicted molar refractivity (Wildman–Crippen MR) is 105 cm³/mol. The van der Waals surface area contributed by atoms with Crippen LogP contribution in [0.25, 0.3) is 0 Å². The van der Waals surface area contributed by atoms with E-state index in [9.17, 15) is 0 Å². The van der Waals surface area contributed by atoms with E-state index in [1.165, 1.54) is 103 Å². The van der Waals surface area contributed by atoms with Gasteiger partial charge in [-0.2, -0.15) is 0 Å². The van der Waals surface area contributed by atoms with Gasteiger partial charge in [-0.15, -0.1) is 0 Å². The van der Waals surface area contributed by atoms with Gasteiger partial charge in [0.2, 0.25) is 0 Å². The van der Waals surface area contributed by atoms with Crippen molar-refractivity contribution in [2.24, 2.45) is 0 Å². The smallest absolute Gasteiger partial charge is 0.0888 e. The largest absolute Gasteiger partial charge is 0.499 e. The van der Waals surface area contributed by atoms with Gasteiger partial charge in [-0.25, -0.2) is 0 Å². The highest BCUT2D eigenvalue weighted by Gasteiger charge is 1.97. The van der Waals surface area contributed by atoms with Crippen molar-refractivity contribution in [2.45, 2.75) is 123 Å². The highest BCUT2D eigenvalue weighted by Crippen LogP contribution is 2.14. The molecule has 1 nitrogen and oxygen atoms in total. The van der Waals surface area contributed by atoms with Gasteiger partial charge in [-0.05, 0) is 12.8 Å². The molecular weight excluding hydrogens is 280 g/mol. The van der Waals surface area contributed by atoms with E-state index in [2.05, 4.69) is 20.4 Å². The summed E-state index contributed by atoms with van der Waals surface area (Å²) in [5, 5.41) is 0. The van der Waals surface area contributed by atoms with Crippen LogP contribution in [-0.2, 0) is 4.74 Å². The summed E-state index contributed by atoms with van der Waals surface area (Å²) in [7, 11) is 0. The number of hydrogen-bond donors (Lipinski definition) is 0. The second-order valence-corrected chi connectivity index (χ2v) is 7.09. The third kappa shape index (κ3) is 19.5. The van der Waals surface area contributed by atoms with Crippen molar-refractivity contribution in [2.75, 3.05) is 6.61 Å². The molecule has 0 radical (unpaired) electrons. The number of rotatable bonds is 19. The highest BCUT2D eigenvalue weighted by atomic mass is 16.5. The quantitative estimate of drug-likeness (QED) is 0.172. The average Bonchev–Trinajstić information content (AvgIpc) is 2.56. The lowest BCUT2D eigenvalue weighted by atomic mass is 10.1. The Balaban J connectivity index is 3.11. The van der Waals surface area contributed by atoms with Crippen molar-refractivity contribution in [1.82, 2.24) is 0 Å². The minimum absolute atomic E-state index is 0.876. The zero-order valence-corrected chi connectivity index (χ0v) is 16.3. The molecule has 0 saturated heterocycles. The summed E-state index contributed by atoms with van der Waals surface area (Å²) in [5.74, 6) is 1.01. The Morgan fingerprint density at radius 2 is 0.957 bits per heavy atom. The molecule has 0 aromatic heterocycles. The molecule has 0 aliphatic heterocycles. The van der Waals surface area contributed by atoms with Gasteiger partial charge in [0, 0.05) is 6.42 Å². The standard InChI is InChI=1S/C22H44O/c1-4-6-8-10-11-12-13-14-15-16-18-20-22(3)23-21-19-17-9-7-5-2/h3-21H2,1-2H3. The van der Waals surface area contributed by atoms with E-state index in [-0.39, 0.29) is 0 Å². The van der Waals surface area contributed by atoms with Gasteiger partial charge in [0.15, 0.2) is 0 Å². The summed E-state index contributed by atoms with van der Waals surface area (Å²) in [6.45, 7) is 9.47. The van der Waals surface area contributed by atoms with E-state index >= 15 is 0 Å². The van der Waals surface area contributed by atoms with Gasteiger partial charge in [0.05, 0.1) is 12.4 Å². The minimum Gasteiger partial charge on any atom is -0.499 e. The van der Waals surface area contributed by atoms with Gasteiger partial charge in [-0.1, -0.05) is 110 Å². The Labute approximate surface area is 147 Å². The van der Waals surface area contributed by atoms with E-state index in [4.69, 9.17) is 4.74 Å². The van der Waals surface area contributed by atoms with E-state index in [0.717, 1.165) is 18.8 Å². The molecule has 0 bridgehead atoms. The van der Waals surface area contributed by atoms with Gasteiger partial charge in [0.25, 0.3) is 0 Å². The molecule has 0 N–H and O–H groups in total. The van der Waals surface area contributed by atoms with Crippen LogP contribution in [0.4, 0.5) is 0 Å². The van der Waals surface area contributed by atoms with Crippen LogP contribution in [0.1, 0.15) is 123 Å². The van der Waals surface area contributed by atoms with Crippen LogP contribution in [-0.4, -0.2) is 6.61 Å². The van der Waals surface area contributed by atoms with Gasteiger partial charge >= 0.3 is 0 Å². The number of unbranched alkanes of at least 4 members (excludes halogenated alkanes) is 14. The molecule has 1 heteroatoms. The summed E-state index contributed by atoms with van der Waals surface area (Å²) in [5.41, 5.74) is 0. The first-order valence-electron chi connectivity index (χ1n) is 10.6. The Bertz CT molecular complexity index is 234. The van der Waals surface area contributed by atoms with Crippen LogP contribution in [0.5, 0.6) is 0 Å². The second kappa shape index (κ2) is 19.6. The molecule has 0 rings (SSSR count). The first-order chi connectivity index (χ1) is 11.3. The molecule has 0 spiro atoms. The Kier molecular flexibility index (Phi) is 19.2. The maximum Gasteiger partial charge on any atom is 0.0888 e. The molecule has 0 aromatic rings. The van der Waals surface area contributed by atoms with Crippen molar-refractivity contribution in [3.8, 4) is 0 Å². The fourth-order valence-corrected chi connectivity index (χ4v) is 2.98. The summed E-state index contributed by atoms with van der Waals surface area (Å²) in [6.07, 6.45) is 23.0. The average molecular weight is 325 g/mol. The van der Waals surface area contributed by atoms with Crippen molar-refractivity contribution in [3.05, 3.63) is 12.3 Å². The Hall–Kier alpha value is -0.460. The fourth-order valence-electron chi connectivity index (χ4n) is 2.98. The topological polar surface area (TPSA) is 9.23 Å². The monoisotopic (exact) mass is 324 g/mol. The summed E-state index contributed by atoms with van der Waals surface area (Å²) < 4.78 is 5.72. The molecule has 0 unspecified atom stereocenters. The lowest BCUT2D eigenvalue weighted by molar-refractivity contribution is 0.195. The fraction of sp³-hybridized carbons (Fsp3) is 0.909. The summed E-state index contributed by atoms with van der Waals surface area (Å²) in [4.78, 5) is 0. The van der Waals surface area contributed by atoms with Crippen LogP contribution in [0.15, 0.2) is 12.3 Å². The predicted octanol–water partition coefficient (Wildman–Crippen LogP) is 8.19. The number of allylic oxidation sites excluding steroid dienone is 1. The SMILES string of the molecule is C=C(CCCCCCCCCCCCC)OCCCCCCC. The highest BCUT2D eigenvalue weighted by molar-refractivity contribution is 4.81. The molecule has 0 aliphatic rings. The van der Waals surface area contributed by atoms with Gasteiger partial charge in [0.1, 0.15) is 0 Å². The van der Waals surface area contributed by atoms with Crippen LogP contribution in [0.2, 0.25) is 0 Å². The van der Waals surface area contributed by atoms with E-state index in [1.807, 2.05) is 0 Å². The molecular formula is C22H44O. The van der Waals surface area contributed by atoms with Gasteiger partial charge in [-0.3, -0.25) is 0 Å². The van der Waals surface area contributed by atoms with Crippen molar-refractivity contribution >= 4 is 0 Å². The maximum absolute atomic E-state index is 5.72. The molecule has 0 amide bonds. The third-order valence-electron chi connectivity index (χ3n) is 4.61. The van der Waals surface area contributed by atoms with Gasteiger partial charge < -0.3 is 4.74 Å². The molecule has 0 saturated carbocycles. The zero-order valence-electron chi connectivity index (χ0n) is 16.3. The van der Waals surface area contributed by atoms with E-state index < -0.39 is 0 Å². The summed E-state index contributed by atoms with van der Waals surface area (Å²) in [6, 6.07) is 0. The maximum atomic E-state index is 5.72. The number of ether oxygens (including phenoxy) is 1. The number of hydrogen-bond acceptors (Lipinski definition) is 1. The summed E-state index contributed by atoms with van der Waals surface area (Å²) >= 11 is 0. The Morgan fingerprint density at radius 3 is 1.43 bits per heavy atom. The molecule has 0 heterocycles. The lowest BCUT2D eigenvalue weighted by Gasteiger charge is -2.09. The van der Waals surface area contributed by atoms with Crippen molar-refractivity contribution in [1.29, 1.82) is 0 Å². The van der Waals surface area contributed by atoms with Crippen LogP contribution < -0.4 is 0 Å². The Morgan fingerprint density at radius 1 is 0.565 bits per heavy atom. The lowest BCUT2D eigenvalue weighted by Crippen LogP contribution is -1.95. The molecule has 138 valence electrons. The third-order valence-corrected chi connectivity index (χ3v) is 4.61. The van der Waals surface area contributed by atoms with Crippen LogP contribution >= 0.6 is 0 Å². The molecule has 0 aromatic carbocycles. The zero-order chi connectivity index (χ0) is 17.0. The van der Waals surface area contributed by atoms with E-state index in [1.54, 1.807) is 0 Å². The van der Waals surface area contributed by atoms with Crippen molar-refractivity contribution in [3.63, 3.8) is 0 Å². The molecule has 23 heavy (non-hydrogen) atoms.